The molecule has 1 unspecified atom stereocenters. The van der Waals surface area contributed by atoms with Crippen LogP contribution in [0.5, 0.6) is 5.75 Å². The topological polar surface area (TPSA) is 59.6 Å². The lowest BCUT2D eigenvalue weighted by Gasteiger charge is -2.35. The van der Waals surface area contributed by atoms with Gasteiger partial charge in [-0.25, -0.2) is 0 Å². The number of piperidine rings is 1. The Morgan fingerprint density at radius 3 is 2.61 bits per heavy atom. The molecule has 1 fully saturated rings. The third kappa shape index (κ3) is 5.09. The van der Waals surface area contributed by atoms with Gasteiger partial charge in [-0.3, -0.25) is 4.79 Å². The first kappa shape index (κ1) is 19.7. The minimum absolute atomic E-state index is 0. The van der Waals surface area contributed by atoms with E-state index in [1.165, 1.54) is 0 Å². The van der Waals surface area contributed by atoms with Crippen LogP contribution in [0.4, 0.5) is 0 Å². The Hall–Kier alpha value is -1.30. The zero-order chi connectivity index (χ0) is 16.0. The maximum absolute atomic E-state index is 12.5. The maximum atomic E-state index is 12.5. The molecule has 1 amide bonds. The number of benzene rings is 1. The second-order valence-corrected chi connectivity index (χ2v) is 5.85. The maximum Gasteiger partial charge on any atom is 0.252 e. The molecule has 23 heavy (non-hydrogen) atoms. The molecule has 0 spiro atoms. The van der Waals surface area contributed by atoms with Gasteiger partial charge >= 0.3 is 0 Å². The normalized spacial score (nSPS) is 17.7. The predicted octanol–water partition coefficient (Wildman–Crippen LogP) is 2.07. The average molecular weight is 343 g/mol. The second kappa shape index (κ2) is 9.11. The zero-order valence-electron chi connectivity index (χ0n) is 14.1. The van der Waals surface area contributed by atoms with Gasteiger partial charge in [-0.2, -0.15) is 0 Å². The van der Waals surface area contributed by atoms with Crippen LogP contribution in [0.3, 0.4) is 0 Å². The lowest BCUT2D eigenvalue weighted by Crippen LogP contribution is -2.55. The number of aryl methyl sites for hydroxylation is 1. The van der Waals surface area contributed by atoms with Gasteiger partial charge in [0, 0.05) is 7.11 Å². The van der Waals surface area contributed by atoms with Crippen LogP contribution in [0.25, 0.3) is 0 Å². The fourth-order valence-electron chi connectivity index (χ4n) is 2.70. The lowest BCUT2D eigenvalue weighted by atomic mass is 9.91. The summed E-state index contributed by atoms with van der Waals surface area (Å²) in [5.41, 5.74) is 0.389. The van der Waals surface area contributed by atoms with Crippen LogP contribution in [0, 0.1) is 6.92 Å². The molecule has 2 N–H and O–H groups in total. The van der Waals surface area contributed by atoms with Gasteiger partial charge in [0.1, 0.15) is 17.5 Å². The Balaban J connectivity index is 0.00000264. The molecule has 0 aliphatic carbocycles. The molecule has 1 aliphatic heterocycles. The van der Waals surface area contributed by atoms with Crippen molar-refractivity contribution >= 4 is 18.3 Å². The Kier molecular flexibility index (Phi) is 7.82. The van der Waals surface area contributed by atoms with E-state index in [-0.39, 0.29) is 24.4 Å². The van der Waals surface area contributed by atoms with E-state index in [1.807, 2.05) is 38.1 Å². The molecule has 6 heteroatoms. The summed E-state index contributed by atoms with van der Waals surface area (Å²) in [5.74, 6) is 0.810. The number of nitrogens with one attached hydrogen (secondary N) is 2. The highest BCUT2D eigenvalue weighted by Crippen LogP contribution is 2.22. The molecule has 5 nitrogen and oxygen atoms in total. The largest absolute Gasteiger partial charge is 0.489 e. The van der Waals surface area contributed by atoms with Gasteiger partial charge in [0.2, 0.25) is 0 Å². The van der Waals surface area contributed by atoms with Gasteiger partial charge in [-0.15, -0.1) is 12.4 Å². The number of hydrogen-bond donors (Lipinski definition) is 2. The van der Waals surface area contributed by atoms with Gasteiger partial charge in [-0.05, 0) is 51.4 Å². The van der Waals surface area contributed by atoms with Crippen molar-refractivity contribution in [2.75, 3.05) is 26.7 Å². The molecule has 0 aromatic heterocycles. The van der Waals surface area contributed by atoms with Crippen LogP contribution < -0.4 is 15.4 Å². The standard InChI is InChI=1S/C17H26N2O3.ClH/c1-13-6-4-5-7-15(13)22-14(2)12-19-16(20)17(21-3)8-10-18-11-9-17;/h4-7,14,18H,8-12H2,1-3H3,(H,19,20);1H. The number of carbonyl (C=O) groups excluding carboxylic acids is 1. The molecule has 0 saturated carbocycles. The molecule has 1 aromatic rings. The monoisotopic (exact) mass is 342 g/mol. The molecule has 1 aliphatic rings. The van der Waals surface area contributed by atoms with Crippen molar-refractivity contribution in [3.63, 3.8) is 0 Å². The summed E-state index contributed by atoms with van der Waals surface area (Å²) < 4.78 is 11.4. The number of amides is 1. The quantitative estimate of drug-likeness (QED) is 0.831. The Bertz CT molecular complexity index is 504. The van der Waals surface area contributed by atoms with Crippen LogP contribution in [-0.2, 0) is 9.53 Å². The van der Waals surface area contributed by atoms with Crippen molar-refractivity contribution in [3.05, 3.63) is 29.8 Å². The fourth-order valence-corrected chi connectivity index (χ4v) is 2.70. The van der Waals surface area contributed by atoms with Crippen molar-refractivity contribution in [2.45, 2.75) is 38.4 Å². The van der Waals surface area contributed by atoms with Gasteiger partial charge in [0.25, 0.3) is 5.91 Å². The summed E-state index contributed by atoms with van der Waals surface area (Å²) in [6.07, 6.45) is 1.30. The first-order valence-electron chi connectivity index (χ1n) is 7.84. The van der Waals surface area contributed by atoms with E-state index in [9.17, 15) is 4.79 Å². The van der Waals surface area contributed by atoms with Crippen molar-refractivity contribution in [1.82, 2.24) is 10.6 Å². The number of hydrogen-bond acceptors (Lipinski definition) is 4. The number of ether oxygens (including phenoxy) is 2. The van der Waals surface area contributed by atoms with E-state index in [4.69, 9.17) is 9.47 Å². The molecular formula is C17H27ClN2O3. The molecular weight excluding hydrogens is 316 g/mol. The van der Waals surface area contributed by atoms with Crippen molar-refractivity contribution < 1.29 is 14.3 Å². The minimum atomic E-state index is -0.701. The van der Waals surface area contributed by atoms with Crippen LogP contribution >= 0.6 is 12.4 Å². The highest BCUT2D eigenvalue weighted by atomic mass is 35.5. The molecule has 1 heterocycles. The molecule has 1 atom stereocenters. The smallest absolute Gasteiger partial charge is 0.252 e. The first-order chi connectivity index (χ1) is 10.6. The number of halogens is 1. The summed E-state index contributed by atoms with van der Waals surface area (Å²) in [4.78, 5) is 12.5. The summed E-state index contributed by atoms with van der Waals surface area (Å²) in [6, 6.07) is 7.88. The molecule has 1 saturated heterocycles. The summed E-state index contributed by atoms with van der Waals surface area (Å²) in [6.45, 7) is 6.03. The minimum Gasteiger partial charge on any atom is -0.489 e. The van der Waals surface area contributed by atoms with E-state index in [1.54, 1.807) is 7.11 Å². The Morgan fingerprint density at radius 2 is 2.00 bits per heavy atom. The van der Waals surface area contributed by atoms with Crippen LogP contribution in [-0.4, -0.2) is 44.4 Å². The summed E-state index contributed by atoms with van der Waals surface area (Å²) >= 11 is 0. The van der Waals surface area contributed by atoms with Gasteiger partial charge in [0.05, 0.1) is 6.54 Å². The van der Waals surface area contributed by atoms with Gasteiger partial charge in [0.15, 0.2) is 0 Å². The summed E-state index contributed by atoms with van der Waals surface area (Å²) in [7, 11) is 1.61. The van der Waals surface area contributed by atoms with Gasteiger partial charge in [-0.1, -0.05) is 18.2 Å². The van der Waals surface area contributed by atoms with Crippen molar-refractivity contribution in [1.29, 1.82) is 0 Å². The highest BCUT2D eigenvalue weighted by Gasteiger charge is 2.39. The number of methoxy groups -OCH3 is 1. The molecule has 2 rings (SSSR count). The second-order valence-electron chi connectivity index (χ2n) is 5.85. The number of carbonyl (C=O) groups is 1. The average Bonchev–Trinajstić information content (AvgIpc) is 2.55. The van der Waals surface area contributed by atoms with E-state index in [2.05, 4.69) is 10.6 Å². The molecule has 1 aromatic carbocycles. The van der Waals surface area contributed by atoms with Crippen LogP contribution in [0.2, 0.25) is 0 Å². The predicted molar refractivity (Wildman–Crippen MR) is 93.4 cm³/mol. The lowest BCUT2D eigenvalue weighted by molar-refractivity contribution is -0.147. The number of para-hydroxylation sites is 1. The van der Waals surface area contributed by atoms with E-state index >= 15 is 0 Å². The fraction of sp³-hybridized carbons (Fsp3) is 0.588. The van der Waals surface area contributed by atoms with Crippen molar-refractivity contribution in [2.24, 2.45) is 0 Å². The van der Waals surface area contributed by atoms with Crippen LogP contribution in [0.1, 0.15) is 25.3 Å². The third-order valence-corrected chi connectivity index (χ3v) is 4.19. The molecule has 0 radical (unpaired) electrons. The van der Waals surface area contributed by atoms with Crippen LogP contribution in [0.15, 0.2) is 24.3 Å². The van der Waals surface area contributed by atoms with E-state index in [0.717, 1.165) is 24.4 Å². The SMILES string of the molecule is COC1(C(=O)NCC(C)Oc2ccccc2C)CCNCC1.Cl. The highest BCUT2D eigenvalue weighted by molar-refractivity contribution is 5.85. The van der Waals surface area contributed by atoms with Gasteiger partial charge < -0.3 is 20.1 Å². The molecule has 0 bridgehead atoms. The number of rotatable bonds is 6. The van der Waals surface area contributed by atoms with Crippen molar-refractivity contribution in [3.8, 4) is 5.75 Å². The first-order valence-corrected chi connectivity index (χ1v) is 7.84. The third-order valence-electron chi connectivity index (χ3n) is 4.19. The Morgan fingerprint density at radius 1 is 1.35 bits per heavy atom. The molecule has 130 valence electrons. The van der Waals surface area contributed by atoms with E-state index in [0.29, 0.717) is 19.4 Å². The summed E-state index contributed by atoms with van der Waals surface area (Å²) in [5, 5.41) is 6.21. The zero-order valence-corrected chi connectivity index (χ0v) is 14.9. The Labute approximate surface area is 144 Å². The van der Waals surface area contributed by atoms with E-state index < -0.39 is 5.60 Å².